The predicted molar refractivity (Wildman–Crippen MR) is 121 cm³/mol. The summed E-state index contributed by atoms with van der Waals surface area (Å²) in [5.41, 5.74) is -0.0214. The van der Waals surface area contributed by atoms with Gasteiger partial charge in [0.05, 0.1) is 13.2 Å². The van der Waals surface area contributed by atoms with Gasteiger partial charge in [0.2, 0.25) is 0 Å². The highest BCUT2D eigenvalue weighted by Gasteiger charge is 2.39. The van der Waals surface area contributed by atoms with Crippen LogP contribution in [0.2, 0.25) is 0 Å². The van der Waals surface area contributed by atoms with E-state index in [2.05, 4.69) is 20.8 Å². The van der Waals surface area contributed by atoms with Crippen molar-refractivity contribution in [2.45, 2.75) is 57.8 Å². The normalized spacial score (nSPS) is 22.0. The van der Waals surface area contributed by atoms with Crippen LogP contribution in [0.15, 0.2) is 23.1 Å². The summed E-state index contributed by atoms with van der Waals surface area (Å²) >= 11 is 0. The number of nitrogens with zero attached hydrogens (tertiary/aromatic N) is 1. The number of ether oxygens (including phenoxy) is 2. The molecule has 1 amide bonds. The predicted octanol–water partition coefficient (Wildman–Crippen LogP) is 4.92. The molecule has 1 heterocycles. The Labute approximate surface area is 191 Å². The fourth-order valence-corrected chi connectivity index (χ4v) is 5.03. The molecule has 180 valence electrons. The van der Waals surface area contributed by atoms with Crippen LogP contribution in [-0.4, -0.2) is 52.0 Å². The fourth-order valence-electron chi connectivity index (χ4n) is 4.30. The van der Waals surface area contributed by atoms with Crippen molar-refractivity contribution in [3.05, 3.63) is 24.0 Å². The highest BCUT2D eigenvalue weighted by molar-refractivity contribution is 7.90. The Bertz CT molecular complexity index is 903. The highest BCUT2D eigenvalue weighted by Crippen LogP contribution is 2.47. The number of carbonyl (C=O) groups is 1. The van der Waals surface area contributed by atoms with Crippen LogP contribution in [0, 0.1) is 29.0 Å². The minimum absolute atomic E-state index is 0.0214. The zero-order chi connectivity index (χ0) is 23.5. The number of piperidine rings is 1. The number of carbonyl (C=O) groups excluding carboxylic acids is 1. The van der Waals surface area contributed by atoms with E-state index in [1.165, 1.54) is 25.0 Å². The van der Waals surface area contributed by atoms with Crippen molar-refractivity contribution in [1.29, 1.82) is 0 Å². The van der Waals surface area contributed by atoms with Crippen molar-refractivity contribution in [1.82, 2.24) is 4.90 Å². The van der Waals surface area contributed by atoms with Gasteiger partial charge in [-0.2, -0.15) is 0 Å². The molecule has 1 saturated carbocycles. The van der Waals surface area contributed by atoms with Gasteiger partial charge < -0.3 is 14.4 Å². The molecule has 0 aromatic heterocycles. The first-order chi connectivity index (χ1) is 14.9. The second-order valence-electron chi connectivity index (χ2n) is 10.5. The van der Waals surface area contributed by atoms with Crippen LogP contribution in [0.4, 0.5) is 9.18 Å². The van der Waals surface area contributed by atoms with Crippen molar-refractivity contribution in [2.24, 2.45) is 23.2 Å². The topological polar surface area (TPSA) is 72.9 Å². The molecular weight excluding hydrogens is 433 g/mol. The Balaban J connectivity index is 1.32. The molecule has 1 saturated heterocycles. The maximum absolute atomic E-state index is 13.9. The number of rotatable bonds is 8. The summed E-state index contributed by atoms with van der Waals surface area (Å²) in [5.74, 6) is 1.56. The third-order valence-electron chi connectivity index (χ3n) is 6.27. The van der Waals surface area contributed by atoms with E-state index in [1.807, 2.05) is 4.90 Å². The SMILES string of the molecule is CC(C)(C)COC(=O)N1CCC(CC2C[C@@H]2CCOc2ccc(S(C)(=O)=O)c(F)c2)CC1. The molecule has 1 aliphatic carbocycles. The molecule has 3 rings (SSSR count). The highest BCUT2D eigenvalue weighted by atomic mass is 32.2. The molecule has 32 heavy (non-hydrogen) atoms. The number of amides is 1. The first kappa shape index (κ1) is 24.8. The van der Waals surface area contributed by atoms with Crippen molar-refractivity contribution < 1.29 is 27.1 Å². The smallest absolute Gasteiger partial charge is 0.409 e. The van der Waals surface area contributed by atoms with E-state index in [-0.39, 0.29) is 16.4 Å². The summed E-state index contributed by atoms with van der Waals surface area (Å²) in [6.07, 6.45) is 6.14. The van der Waals surface area contributed by atoms with Crippen LogP contribution in [0.3, 0.4) is 0 Å². The Morgan fingerprint density at radius 3 is 2.47 bits per heavy atom. The van der Waals surface area contributed by atoms with E-state index in [9.17, 15) is 17.6 Å². The van der Waals surface area contributed by atoms with Crippen LogP contribution < -0.4 is 4.74 Å². The summed E-state index contributed by atoms with van der Waals surface area (Å²) in [5, 5.41) is 0. The largest absolute Gasteiger partial charge is 0.493 e. The summed E-state index contributed by atoms with van der Waals surface area (Å²) in [7, 11) is -3.57. The Kier molecular flexibility index (Phi) is 7.73. The third kappa shape index (κ3) is 7.36. The van der Waals surface area contributed by atoms with Crippen LogP contribution in [0.1, 0.15) is 52.9 Å². The van der Waals surface area contributed by atoms with E-state index in [4.69, 9.17) is 9.47 Å². The molecule has 1 aromatic rings. The molecule has 0 spiro atoms. The summed E-state index contributed by atoms with van der Waals surface area (Å²) in [6, 6.07) is 3.90. The minimum Gasteiger partial charge on any atom is -0.493 e. The average molecular weight is 470 g/mol. The van der Waals surface area contributed by atoms with Gasteiger partial charge in [-0.1, -0.05) is 20.8 Å². The first-order valence-electron chi connectivity index (χ1n) is 11.5. The first-order valence-corrected chi connectivity index (χ1v) is 13.4. The fraction of sp³-hybridized carbons (Fsp3) is 0.708. The lowest BCUT2D eigenvalue weighted by Crippen LogP contribution is -2.39. The van der Waals surface area contributed by atoms with Gasteiger partial charge in [-0.15, -0.1) is 0 Å². The van der Waals surface area contributed by atoms with Crippen molar-refractivity contribution in [3.63, 3.8) is 0 Å². The monoisotopic (exact) mass is 469 g/mol. The molecule has 1 aliphatic heterocycles. The van der Waals surface area contributed by atoms with Gasteiger partial charge in [-0.25, -0.2) is 17.6 Å². The van der Waals surface area contributed by atoms with Crippen LogP contribution in [-0.2, 0) is 14.6 Å². The van der Waals surface area contributed by atoms with Gasteiger partial charge in [0.15, 0.2) is 9.84 Å². The number of sulfone groups is 1. The van der Waals surface area contributed by atoms with Gasteiger partial charge in [0.1, 0.15) is 16.5 Å². The molecule has 0 bridgehead atoms. The van der Waals surface area contributed by atoms with Crippen LogP contribution in [0.5, 0.6) is 5.75 Å². The molecule has 2 fully saturated rings. The van der Waals surface area contributed by atoms with Gasteiger partial charge in [0, 0.05) is 25.4 Å². The van der Waals surface area contributed by atoms with E-state index in [1.54, 1.807) is 0 Å². The number of halogens is 1. The lowest BCUT2D eigenvalue weighted by Gasteiger charge is -2.32. The van der Waals surface area contributed by atoms with Crippen LogP contribution >= 0.6 is 0 Å². The second kappa shape index (κ2) is 9.98. The average Bonchev–Trinajstić information content (AvgIpc) is 3.42. The summed E-state index contributed by atoms with van der Waals surface area (Å²) in [6.45, 7) is 8.62. The van der Waals surface area contributed by atoms with Crippen molar-refractivity contribution in [3.8, 4) is 5.75 Å². The second-order valence-corrected chi connectivity index (χ2v) is 12.5. The van der Waals surface area contributed by atoms with Crippen LogP contribution in [0.25, 0.3) is 0 Å². The van der Waals surface area contributed by atoms with Gasteiger partial charge in [-0.3, -0.25) is 0 Å². The standard InChI is InChI=1S/C24H36FNO5S/c1-24(2,3)16-31-23(27)26-10-7-17(8-11-26)13-19-14-18(19)9-12-30-20-5-6-22(21(25)15-20)32(4,28)29/h5-6,15,17-19H,7-14,16H2,1-4H3/t18-,19?/m0/s1. The zero-order valence-corrected chi connectivity index (χ0v) is 20.4. The van der Waals surface area contributed by atoms with Crippen molar-refractivity contribution >= 4 is 15.9 Å². The number of hydrogen-bond donors (Lipinski definition) is 0. The van der Waals surface area contributed by atoms with E-state index < -0.39 is 15.7 Å². The zero-order valence-electron chi connectivity index (χ0n) is 19.6. The molecule has 0 N–H and O–H groups in total. The third-order valence-corrected chi connectivity index (χ3v) is 7.40. The molecule has 2 atom stereocenters. The maximum Gasteiger partial charge on any atom is 0.409 e. The molecule has 1 unspecified atom stereocenters. The Morgan fingerprint density at radius 1 is 1.19 bits per heavy atom. The molecule has 6 nitrogen and oxygen atoms in total. The maximum atomic E-state index is 13.9. The molecular formula is C24H36FNO5S. The molecule has 0 radical (unpaired) electrons. The summed E-state index contributed by atoms with van der Waals surface area (Å²) in [4.78, 5) is 13.7. The molecule has 2 aliphatic rings. The number of likely N-dealkylation sites (tertiary alicyclic amines) is 1. The molecule has 1 aromatic carbocycles. The lowest BCUT2D eigenvalue weighted by atomic mass is 9.91. The van der Waals surface area contributed by atoms with Crippen molar-refractivity contribution in [2.75, 3.05) is 32.6 Å². The van der Waals surface area contributed by atoms with E-state index >= 15 is 0 Å². The van der Waals surface area contributed by atoms with E-state index in [0.29, 0.717) is 36.7 Å². The van der Waals surface area contributed by atoms with Gasteiger partial charge in [0.25, 0.3) is 0 Å². The number of benzene rings is 1. The summed E-state index contributed by atoms with van der Waals surface area (Å²) < 4.78 is 48.0. The minimum atomic E-state index is -3.57. The van der Waals surface area contributed by atoms with Gasteiger partial charge >= 0.3 is 6.09 Å². The van der Waals surface area contributed by atoms with Gasteiger partial charge in [-0.05, 0) is 67.4 Å². The Hall–Kier alpha value is -1.83. The Morgan fingerprint density at radius 2 is 1.88 bits per heavy atom. The lowest BCUT2D eigenvalue weighted by molar-refractivity contribution is 0.0610. The number of hydrogen-bond acceptors (Lipinski definition) is 5. The quantitative estimate of drug-likeness (QED) is 0.540. The van der Waals surface area contributed by atoms with E-state index in [0.717, 1.165) is 44.7 Å². The molecule has 8 heteroatoms.